The van der Waals surface area contributed by atoms with Crippen LogP contribution in [0, 0.1) is 11.6 Å². The minimum absolute atomic E-state index is 0.0475. The highest BCUT2D eigenvalue weighted by atomic mass is 32.2. The zero-order valence-corrected chi connectivity index (χ0v) is 23.0. The molecule has 10 nitrogen and oxygen atoms in total. The van der Waals surface area contributed by atoms with E-state index in [4.69, 9.17) is 9.18 Å². The molecule has 0 aliphatic heterocycles. The molecule has 0 saturated heterocycles. The number of aliphatic imine (C=N–C) groups is 1. The van der Waals surface area contributed by atoms with E-state index in [2.05, 4.69) is 27.2 Å². The second-order valence-corrected chi connectivity index (χ2v) is 9.35. The molecule has 210 valence electrons. The molecule has 0 saturated carbocycles. The van der Waals surface area contributed by atoms with Gasteiger partial charge in [-0.25, -0.2) is 23.7 Å². The number of hydrogen-bond donors (Lipinski definition) is 3. The lowest BCUT2D eigenvalue weighted by Gasteiger charge is -2.25. The Kier molecular flexibility index (Phi) is 11.9. The number of nitrogens with zero attached hydrogens (tertiary/aromatic N) is 4. The van der Waals surface area contributed by atoms with Gasteiger partial charge in [-0.05, 0) is 43.0 Å². The number of phenols is 1. The summed E-state index contributed by atoms with van der Waals surface area (Å²) < 4.78 is 37.5. The van der Waals surface area contributed by atoms with Crippen molar-refractivity contribution in [1.29, 1.82) is 0 Å². The monoisotopic (exact) mass is 588 g/mol. The first-order valence-electron chi connectivity index (χ1n) is 11.8. The van der Waals surface area contributed by atoms with E-state index in [0.717, 1.165) is 24.4 Å². The number of thioether (sulfide) groups is 1. The lowest BCUT2D eigenvalue weighted by Crippen LogP contribution is -2.29. The van der Waals surface area contributed by atoms with Crippen LogP contribution in [0.4, 0.5) is 20.3 Å². The highest BCUT2D eigenvalue weighted by molar-refractivity contribution is 7.98. The number of hydrogen-bond acceptors (Lipinski definition) is 9. The number of anilines is 1. The van der Waals surface area contributed by atoms with Crippen LogP contribution in [-0.4, -0.2) is 64.0 Å². The number of amides is 2. The van der Waals surface area contributed by atoms with Gasteiger partial charge in [0.2, 0.25) is 12.8 Å². The molecule has 1 aromatic carbocycles. The van der Waals surface area contributed by atoms with Crippen LogP contribution in [0.15, 0.2) is 65.3 Å². The number of aromatic hydroxyl groups is 1. The molecule has 0 spiro atoms. The Bertz CT molecular complexity index is 1360. The van der Waals surface area contributed by atoms with E-state index in [0.29, 0.717) is 36.5 Å². The Morgan fingerprint density at radius 1 is 1.23 bits per heavy atom. The zero-order chi connectivity index (χ0) is 28.9. The van der Waals surface area contributed by atoms with E-state index >= 15 is 4.39 Å². The van der Waals surface area contributed by atoms with Crippen molar-refractivity contribution in [2.45, 2.75) is 11.4 Å². The Hall–Kier alpha value is -4.01. The second-order valence-electron chi connectivity index (χ2n) is 7.73. The van der Waals surface area contributed by atoms with Gasteiger partial charge in [-0.3, -0.25) is 18.1 Å². The average molecular weight is 589 g/mol. The predicted molar refractivity (Wildman–Crippen MR) is 152 cm³/mol. The Morgan fingerprint density at radius 2 is 2.05 bits per heavy atom. The molecule has 0 atom stereocenters. The van der Waals surface area contributed by atoms with Crippen LogP contribution in [0.5, 0.6) is 5.75 Å². The molecule has 3 rings (SSSR count). The van der Waals surface area contributed by atoms with Gasteiger partial charge < -0.3 is 15.7 Å². The summed E-state index contributed by atoms with van der Waals surface area (Å²) in [6.07, 6.45) is 6.46. The number of carbonyl (C=O) groups excluding carboxylic acids is 2. The van der Waals surface area contributed by atoms with Crippen LogP contribution >= 0.6 is 24.0 Å². The van der Waals surface area contributed by atoms with Crippen molar-refractivity contribution in [3.05, 3.63) is 72.4 Å². The van der Waals surface area contributed by atoms with Crippen molar-refractivity contribution >= 4 is 54.2 Å². The van der Waals surface area contributed by atoms with Gasteiger partial charge in [0.05, 0.1) is 23.4 Å². The molecule has 14 heteroatoms. The number of nitrogens with one attached hydrogen (secondary N) is 2. The third kappa shape index (κ3) is 7.77. The summed E-state index contributed by atoms with van der Waals surface area (Å²) in [5.41, 5.74) is -0.466. The Morgan fingerprint density at radius 3 is 2.75 bits per heavy atom. The molecule has 2 heterocycles. The second kappa shape index (κ2) is 15.5. The van der Waals surface area contributed by atoms with E-state index in [-0.39, 0.29) is 30.4 Å². The van der Waals surface area contributed by atoms with E-state index in [1.165, 1.54) is 23.9 Å². The van der Waals surface area contributed by atoms with E-state index in [9.17, 15) is 19.1 Å². The van der Waals surface area contributed by atoms with Crippen LogP contribution in [0.2, 0.25) is 0 Å². The molecular weight excluding hydrogens is 562 g/mol. The number of pyridine rings is 2. The van der Waals surface area contributed by atoms with E-state index in [1.54, 1.807) is 28.7 Å². The molecule has 3 N–H and O–H groups in total. The molecule has 2 amide bonds. The van der Waals surface area contributed by atoms with Crippen molar-refractivity contribution in [1.82, 2.24) is 19.6 Å². The van der Waals surface area contributed by atoms with Gasteiger partial charge in [-0.1, -0.05) is 12.1 Å². The number of rotatable bonds is 15. The molecule has 0 bridgehead atoms. The molecule has 0 fully saturated rings. The number of halogens is 2. The third-order valence-electron chi connectivity index (χ3n) is 5.14. The van der Waals surface area contributed by atoms with Gasteiger partial charge in [0.1, 0.15) is 40.3 Å². The summed E-state index contributed by atoms with van der Waals surface area (Å²) in [4.78, 5) is 35.4. The van der Waals surface area contributed by atoms with Crippen LogP contribution in [0.25, 0.3) is 11.3 Å². The molecule has 40 heavy (non-hydrogen) atoms. The number of carbonyl (C=O) groups is 2. The lowest BCUT2D eigenvalue weighted by molar-refractivity contribution is -0.109. The Labute approximate surface area is 238 Å². The minimum Gasteiger partial charge on any atom is -0.507 e. The topological polar surface area (TPSA) is 129 Å². The summed E-state index contributed by atoms with van der Waals surface area (Å²) in [6, 6.07) is 7.97. The highest BCUT2D eigenvalue weighted by Gasteiger charge is 2.25. The number of aromatic nitrogens is 2. The molecule has 0 unspecified atom stereocenters. The van der Waals surface area contributed by atoms with E-state index < -0.39 is 28.6 Å². The SMILES string of the molecule is C=CCCN(SOCCNC=O)/C(=N/c1cccnc1SC)c1cc(F)c(-c2c(O)cccc2F)nc1NC=O. The first-order valence-corrected chi connectivity index (χ1v) is 13.7. The van der Waals surface area contributed by atoms with Gasteiger partial charge in [0.25, 0.3) is 0 Å². The van der Waals surface area contributed by atoms with E-state index in [1.807, 2.05) is 6.26 Å². The third-order valence-corrected chi connectivity index (χ3v) is 6.65. The molecule has 0 aliphatic carbocycles. The van der Waals surface area contributed by atoms with Crippen LogP contribution in [-0.2, 0) is 13.8 Å². The maximum atomic E-state index is 15.6. The maximum absolute atomic E-state index is 15.6. The fourth-order valence-corrected chi connectivity index (χ4v) is 4.55. The van der Waals surface area contributed by atoms with Crippen molar-refractivity contribution in [2.75, 3.05) is 31.3 Å². The quantitative estimate of drug-likeness (QED) is 0.0338. The molecule has 0 aliphatic rings. The summed E-state index contributed by atoms with van der Waals surface area (Å²) in [7, 11) is 0. The standard InChI is InChI=1S/C26H26F2N6O4S2/c1-3-4-12-34(40-38-13-11-29-15-35)25(32-20-8-6-10-30-26(20)39-2)17-14-19(28)23(33-24(17)31-16-36)22-18(27)7-5-9-21(22)37/h3,5-10,14-16,37H,1,4,11-13H2,2H3,(H,29,35)(H,31,33,36)/b32-25+. The smallest absolute Gasteiger partial charge is 0.212 e. The molecule has 2 aromatic heterocycles. The number of phenolic OH excluding ortho intramolecular Hbond substituents is 1. The first kappa shape index (κ1) is 30.5. The number of amidine groups is 1. The van der Waals surface area contributed by atoms with Gasteiger partial charge in [-0.2, -0.15) is 0 Å². The molecular formula is C26H26F2N6O4S2. The molecule has 3 aromatic rings. The van der Waals surface area contributed by atoms with Gasteiger partial charge in [0, 0.05) is 19.3 Å². The average Bonchev–Trinajstić information content (AvgIpc) is 2.95. The zero-order valence-electron chi connectivity index (χ0n) is 21.3. The van der Waals surface area contributed by atoms with Crippen LogP contribution in [0.1, 0.15) is 12.0 Å². The van der Waals surface area contributed by atoms with Gasteiger partial charge in [-0.15, -0.1) is 18.3 Å². The normalized spacial score (nSPS) is 11.1. The van der Waals surface area contributed by atoms with Crippen molar-refractivity contribution in [2.24, 2.45) is 4.99 Å². The first-order chi connectivity index (χ1) is 19.4. The van der Waals surface area contributed by atoms with Crippen LogP contribution in [0.3, 0.4) is 0 Å². The van der Waals surface area contributed by atoms with Crippen molar-refractivity contribution in [3.8, 4) is 17.0 Å². The van der Waals surface area contributed by atoms with Crippen LogP contribution < -0.4 is 10.6 Å². The fourth-order valence-electron chi connectivity index (χ4n) is 3.38. The maximum Gasteiger partial charge on any atom is 0.212 e. The molecule has 0 radical (unpaired) electrons. The summed E-state index contributed by atoms with van der Waals surface area (Å²) in [5, 5.41) is 15.7. The summed E-state index contributed by atoms with van der Waals surface area (Å²) >= 11 is 2.24. The van der Waals surface area contributed by atoms with Gasteiger partial charge >= 0.3 is 0 Å². The summed E-state index contributed by atoms with van der Waals surface area (Å²) in [6.45, 7) is 4.43. The number of benzene rings is 1. The van der Waals surface area contributed by atoms with Crippen molar-refractivity contribution in [3.63, 3.8) is 0 Å². The fraction of sp³-hybridized carbons (Fsp3) is 0.192. The highest BCUT2D eigenvalue weighted by Crippen LogP contribution is 2.36. The van der Waals surface area contributed by atoms with Gasteiger partial charge in [0.15, 0.2) is 11.7 Å². The minimum atomic E-state index is -0.972. The summed E-state index contributed by atoms with van der Waals surface area (Å²) in [5.74, 6) is -2.40. The largest absolute Gasteiger partial charge is 0.507 e. The predicted octanol–water partition coefficient (Wildman–Crippen LogP) is 4.70. The van der Waals surface area contributed by atoms with Crippen molar-refractivity contribution < 1.29 is 27.7 Å². The Balaban J connectivity index is 2.23. The lowest BCUT2D eigenvalue weighted by atomic mass is 10.1.